The Bertz CT molecular complexity index is 4550. The van der Waals surface area contributed by atoms with Crippen LogP contribution >= 0.6 is 0 Å². The fourth-order valence-corrected chi connectivity index (χ4v) is 39.0. The molecule has 120 heavy (non-hydrogen) atoms. The number of ether oxygens (including phenoxy) is 10. The quantitative estimate of drug-likeness (QED) is 0.00752. The van der Waals surface area contributed by atoms with Crippen molar-refractivity contribution in [1.29, 1.82) is 0 Å². The SMILES string of the molecule is COc1cc(C(N)=O)cc(N)c1NC/C=C/CCc1c(N)cc(C(N)=O)cc1OCCCO[C@H]1[C@H](OC)O[C@@H]2CO[Si](C(C)C)(C(C)C)O[Si](C(C)C)(C(C)C)O[C@@H]12.COc1cc(C(N)=O)cc2nc(N)n(C/C=C/Cn3c(N)nc4cc(C(N)=O)cc(OCCCO[C@H]5[C@H](OC)O[C@@H]6CO[Si](C(C)C)(C(C)C)O[Si](C(C)C)(C(C)C)O[C@@H]56)c43)c12. The van der Waals surface area contributed by atoms with Gasteiger partial charge < -0.3 is 134 Å². The summed E-state index contributed by atoms with van der Waals surface area (Å²) in [5, 5.41) is 3.22. The van der Waals surface area contributed by atoms with E-state index in [1.807, 2.05) is 24.3 Å². The maximum Gasteiger partial charge on any atom is 0.335 e. The third-order valence-corrected chi connectivity index (χ3v) is 43.4. The minimum absolute atomic E-state index is 0.134. The minimum atomic E-state index is -2.94. The van der Waals surface area contributed by atoms with Crippen LogP contribution in [0.2, 0.25) is 44.3 Å². The number of primary amides is 4. The van der Waals surface area contributed by atoms with Crippen LogP contribution in [0.25, 0.3) is 22.1 Å². The van der Waals surface area contributed by atoms with E-state index in [0.29, 0.717) is 134 Å². The zero-order chi connectivity index (χ0) is 88.2. The lowest BCUT2D eigenvalue weighted by Gasteiger charge is -2.51. The number of fused-ring (bicyclic) bond motifs is 4. The molecule has 0 spiro atoms. The molecule has 4 aliphatic heterocycles. The molecule has 4 amide bonds. The number of anilines is 5. The molecule has 6 aromatic rings. The number of nitrogens with two attached hydrogens (primary N) is 8. The maximum absolute atomic E-state index is 12.4. The van der Waals surface area contributed by atoms with Gasteiger partial charge in [-0.15, -0.1) is 0 Å². The Morgan fingerprint density at radius 3 is 1.25 bits per heavy atom. The van der Waals surface area contributed by atoms with Crippen molar-refractivity contribution in [2.24, 2.45) is 22.9 Å². The predicted molar refractivity (Wildman–Crippen MR) is 471 cm³/mol. The van der Waals surface area contributed by atoms with Gasteiger partial charge in [-0.1, -0.05) is 135 Å². The van der Waals surface area contributed by atoms with E-state index in [0.717, 1.165) is 5.56 Å². The van der Waals surface area contributed by atoms with Crippen molar-refractivity contribution in [3.63, 3.8) is 0 Å². The summed E-state index contributed by atoms with van der Waals surface area (Å²) in [5.74, 6) is -0.293. The molecule has 0 unspecified atom stereocenters. The first-order valence-electron chi connectivity index (χ1n) is 41.5. The molecule has 4 fully saturated rings. The number of carbonyl (C=O) groups excluding carboxylic acids is 4. The molecule has 4 aliphatic rings. The molecule has 0 radical (unpaired) electrons. The zero-order valence-corrected chi connectivity index (χ0v) is 77.4. The van der Waals surface area contributed by atoms with E-state index in [2.05, 4.69) is 126 Å². The molecule has 37 heteroatoms. The number of rotatable bonds is 38. The fourth-order valence-electron chi connectivity index (χ4n) is 16.6. The summed E-state index contributed by atoms with van der Waals surface area (Å²) in [5.41, 5.74) is 54.2. The average Bonchev–Trinajstić information content (AvgIpc) is 1.61. The Balaban J connectivity index is 0.000000274. The van der Waals surface area contributed by atoms with Gasteiger partial charge in [-0.3, -0.25) is 19.2 Å². The number of allylic oxidation sites excluding steroid dienone is 3. The van der Waals surface area contributed by atoms with E-state index in [-0.39, 0.29) is 97.8 Å². The van der Waals surface area contributed by atoms with Gasteiger partial charge in [-0.2, -0.15) is 0 Å². The third-order valence-electron chi connectivity index (χ3n) is 22.9. The van der Waals surface area contributed by atoms with E-state index < -0.39 is 101 Å². The monoisotopic (exact) mass is 1740 g/mol. The van der Waals surface area contributed by atoms with Crippen LogP contribution in [0.15, 0.2) is 72.8 Å². The number of hydrogen-bond acceptors (Lipinski definition) is 27. The molecular formula is C83H131N13O20Si4. The van der Waals surface area contributed by atoms with E-state index in [1.54, 1.807) is 65.8 Å². The highest BCUT2D eigenvalue weighted by molar-refractivity contribution is 6.84. The standard InChI is InChI=1S/C42H64N8O10Si2.C41H67N5O10Si2/c1-23(2)61(24(3)4)57-22-33-36(59-62(60-61,25(5)6)26(7)8)37(40(54-10)58-33)56-17-13-16-55-32-21-28(39(44)52)19-30-35(32)50(42(46)48-30)15-12-11-14-49-34-29(47-41(49)45)18-27(38(43)51)20-31(34)53-9;1-24(2)57(25(3)4)53-23-35-37(55-58(56-57,26(5)6)27(7)8)38(41(50-10)54-35)52-18-14-17-51-33-21-28(39(44)47)19-31(42)30(33)15-12-11-13-16-46-36-32(43)20-29(40(45)48)22-34(36)49-9/h11-12,18-21,23-26,33,36-37,40H,13-17,22H2,1-10H3,(H2,43,51)(H2,44,52)(H2,45,47)(H2,46,48);11,13,19-22,24-27,35,37-38,41,46H,12,14-18,23,42-43H2,1-10H3,(H2,44,47)(H2,45,48)/b12-11+;13-11+/t33-,36-,37-,40-;35-,37-,38-,41-/m11/s1. The molecule has 0 saturated carbocycles. The number of benzene rings is 4. The number of imidazole rings is 2. The third kappa shape index (κ3) is 20.8. The van der Waals surface area contributed by atoms with Gasteiger partial charge in [-0.25, -0.2) is 9.97 Å². The number of nitrogens with zero attached hydrogens (tertiary/aromatic N) is 4. The highest BCUT2D eigenvalue weighted by atomic mass is 28.5. The summed E-state index contributed by atoms with van der Waals surface area (Å²) in [6.45, 7) is 37.8. The van der Waals surface area contributed by atoms with Crippen LogP contribution in [0, 0.1) is 0 Å². The first-order valence-corrected chi connectivity index (χ1v) is 49.3. The summed E-state index contributed by atoms with van der Waals surface area (Å²) in [6, 6.07) is 12.6. The van der Waals surface area contributed by atoms with Crippen molar-refractivity contribution < 1.29 is 92.5 Å². The fraction of sp³-hybridized carbons (Fsp3) is 0.590. The van der Waals surface area contributed by atoms with Crippen LogP contribution in [0.1, 0.15) is 177 Å². The van der Waals surface area contributed by atoms with E-state index in [4.69, 9.17) is 119 Å². The summed E-state index contributed by atoms with van der Waals surface area (Å²) in [4.78, 5) is 56.9. The van der Waals surface area contributed by atoms with Crippen molar-refractivity contribution in [2.45, 2.75) is 243 Å². The Kier molecular flexibility index (Phi) is 32.9. The normalized spacial score (nSPS) is 21.5. The average molecular weight is 1740 g/mol. The lowest BCUT2D eigenvalue weighted by molar-refractivity contribution is -0.165. The molecule has 4 aromatic carbocycles. The van der Waals surface area contributed by atoms with Crippen LogP contribution in [0.5, 0.6) is 23.0 Å². The molecule has 0 bridgehead atoms. The highest BCUT2D eigenvalue weighted by Gasteiger charge is 2.64. The second kappa shape index (κ2) is 41.3. The molecule has 0 aliphatic carbocycles. The van der Waals surface area contributed by atoms with Crippen LogP contribution in [-0.2, 0) is 73.9 Å². The maximum atomic E-state index is 12.4. The van der Waals surface area contributed by atoms with Crippen LogP contribution in [-0.4, -0.2) is 201 Å². The second-order valence-corrected chi connectivity index (χ2v) is 51.0. The topological polar surface area (TPSA) is 472 Å². The van der Waals surface area contributed by atoms with Crippen molar-refractivity contribution in [3.05, 3.63) is 101 Å². The van der Waals surface area contributed by atoms with Crippen molar-refractivity contribution in [3.8, 4) is 23.0 Å². The number of amides is 4. The highest BCUT2D eigenvalue weighted by Crippen LogP contribution is 2.51. The Hall–Kier alpha value is -8.23. The predicted octanol–water partition coefficient (Wildman–Crippen LogP) is 11.6. The molecule has 4 saturated heterocycles. The van der Waals surface area contributed by atoms with Gasteiger partial charge in [0.2, 0.25) is 35.5 Å². The largest absolute Gasteiger partial charge is 0.494 e. The van der Waals surface area contributed by atoms with Gasteiger partial charge in [0.25, 0.3) is 0 Å². The van der Waals surface area contributed by atoms with Crippen LogP contribution < -0.4 is 70.1 Å². The summed E-state index contributed by atoms with van der Waals surface area (Å²) in [7, 11) is -5.12. The Morgan fingerprint density at radius 2 is 0.850 bits per heavy atom. The lowest BCUT2D eigenvalue weighted by Crippen LogP contribution is -2.66. The van der Waals surface area contributed by atoms with Gasteiger partial charge in [0.05, 0.1) is 70.6 Å². The lowest BCUT2D eigenvalue weighted by atomic mass is 10.0. The molecule has 664 valence electrons. The number of methoxy groups -OCH3 is 4. The molecule has 6 heterocycles. The second-order valence-electron chi connectivity index (χ2n) is 33.3. The van der Waals surface area contributed by atoms with Crippen molar-refractivity contribution in [1.82, 2.24) is 19.1 Å². The Labute approximate surface area is 709 Å². The first kappa shape index (κ1) is 95.6. The molecule has 2 aromatic heterocycles. The van der Waals surface area contributed by atoms with Gasteiger partial charge >= 0.3 is 34.2 Å². The number of carbonyl (C=O) groups is 4. The molecule has 33 nitrogen and oxygen atoms in total. The van der Waals surface area contributed by atoms with Crippen LogP contribution in [0.3, 0.4) is 0 Å². The summed E-state index contributed by atoms with van der Waals surface area (Å²) < 4.78 is 108. The van der Waals surface area contributed by atoms with Crippen molar-refractivity contribution >= 4 is 109 Å². The summed E-state index contributed by atoms with van der Waals surface area (Å²) in [6.07, 6.45) is 5.79. The first-order chi connectivity index (χ1) is 56.8. The van der Waals surface area contributed by atoms with E-state index in [9.17, 15) is 19.2 Å². The number of hydrogen-bond donors (Lipinski definition) is 9. The molecular weight excluding hydrogens is 1610 g/mol. The summed E-state index contributed by atoms with van der Waals surface area (Å²) >= 11 is 0. The smallest absolute Gasteiger partial charge is 0.335 e. The van der Waals surface area contributed by atoms with E-state index in [1.165, 1.54) is 20.3 Å². The molecule has 17 N–H and O–H groups in total. The van der Waals surface area contributed by atoms with Gasteiger partial charge in [0, 0.05) is 80.2 Å². The van der Waals surface area contributed by atoms with Gasteiger partial charge in [-0.05, 0) is 106 Å². The molecule has 8 atom stereocenters. The van der Waals surface area contributed by atoms with Crippen LogP contribution in [0.4, 0.5) is 29.0 Å². The number of nitrogens with one attached hydrogen (secondary N) is 1. The minimum Gasteiger partial charge on any atom is -0.494 e. The van der Waals surface area contributed by atoms with Gasteiger partial charge in [0.1, 0.15) is 76.3 Å². The Morgan fingerprint density at radius 1 is 0.475 bits per heavy atom. The van der Waals surface area contributed by atoms with Crippen molar-refractivity contribution in [2.75, 3.05) is 103 Å². The van der Waals surface area contributed by atoms with E-state index >= 15 is 0 Å². The van der Waals surface area contributed by atoms with Gasteiger partial charge in [0.15, 0.2) is 12.6 Å². The number of nitrogen functional groups attached to an aromatic ring is 4. The zero-order valence-electron chi connectivity index (χ0n) is 73.4. The molecule has 10 rings (SSSR count). The number of aromatic nitrogens is 4.